The molecule has 150 valence electrons. The Balaban J connectivity index is 1.98. The first-order valence-corrected chi connectivity index (χ1v) is 10.4. The van der Waals surface area contributed by atoms with Crippen LogP contribution in [0.5, 0.6) is 5.75 Å². The third-order valence-electron chi connectivity index (χ3n) is 3.63. The molecule has 0 aliphatic carbocycles. The lowest BCUT2D eigenvalue weighted by molar-refractivity contribution is -0.122. The minimum Gasteiger partial charge on any atom is -0.484 e. The van der Waals surface area contributed by atoms with Crippen molar-refractivity contribution in [2.24, 2.45) is 0 Å². The van der Waals surface area contributed by atoms with Crippen LogP contribution in [0.25, 0.3) is 0 Å². The summed E-state index contributed by atoms with van der Waals surface area (Å²) >= 11 is 0. The van der Waals surface area contributed by atoms with Gasteiger partial charge in [0.15, 0.2) is 6.61 Å². The van der Waals surface area contributed by atoms with E-state index in [2.05, 4.69) is 15.4 Å². The second-order valence-corrected chi connectivity index (χ2v) is 7.82. The first-order chi connectivity index (χ1) is 13.3. The van der Waals surface area contributed by atoms with Gasteiger partial charge in [0, 0.05) is 23.5 Å². The molecule has 0 unspecified atom stereocenters. The fourth-order valence-electron chi connectivity index (χ4n) is 2.21. The third kappa shape index (κ3) is 6.58. The van der Waals surface area contributed by atoms with Crippen LogP contribution in [0.2, 0.25) is 0 Å². The number of benzene rings is 2. The number of anilines is 2. The van der Waals surface area contributed by atoms with Gasteiger partial charge in [0.1, 0.15) is 5.75 Å². The van der Waals surface area contributed by atoms with Crippen LogP contribution < -0.4 is 20.1 Å². The molecule has 0 saturated carbocycles. The van der Waals surface area contributed by atoms with Crippen LogP contribution >= 0.6 is 0 Å². The lowest BCUT2D eigenvalue weighted by Crippen LogP contribution is -2.28. The fourth-order valence-corrected chi connectivity index (χ4v) is 2.84. The molecule has 0 radical (unpaired) electrons. The van der Waals surface area contributed by atoms with Crippen LogP contribution in [0, 0.1) is 0 Å². The van der Waals surface area contributed by atoms with E-state index < -0.39 is 10.0 Å². The van der Waals surface area contributed by atoms with Gasteiger partial charge in [-0.05, 0) is 56.3 Å². The van der Waals surface area contributed by atoms with E-state index >= 15 is 0 Å². The molecule has 2 aromatic carbocycles. The Labute approximate surface area is 164 Å². The normalized spacial score (nSPS) is 10.8. The molecule has 0 heterocycles. The van der Waals surface area contributed by atoms with Crippen LogP contribution in [0.15, 0.2) is 48.5 Å². The van der Waals surface area contributed by atoms with Gasteiger partial charge < -0.3 is 15.4 Å². The highest BCUT2D eigenvalue weighted by Crippen LogP contribution is 2.18. The Morgan fingerprint density at radius 1 is 1.00 bits per heavy atom. The van der Waals surface area contributed by atoms with Crippen LogP contribution in [-0.2, 0) is 14.8 Å². The molecule has 2 rings (SSSR count). The number of rotatable bonds is 9. The smallest absolute Gasteiger partial charge is 0.257 e. The predicted molar refractivity (Wildman–Crippen MR) is 108 cm³/mol. The molecule has 0 aliphatic heterocycles. The maximum Gasteiger partial charge on any atom is 0.257 e. The van der Waals surface area contributed by atoms with E-state index in [9.17, 15) is 18.0 Å². The van der Waals surface area contributed by atoms with Gasteiger partial charge in [0.25, 0.3) is 11.8 Å². The minimum atomic E-state index is -3.42. The van der Waals surface area contributed by atoms with Crippen molar-refractivity contribution in [3.8, 4) is 5.75 Å². The highest BCUT2D eigenvalue weighted by atomic mass is 32.2. The lowest BCUT2D eigenvalue weighted by atomic mass is 10.2. The maximum atomic E-state index is 12.4. The van der Waals surface area contributed by atoms with Gasteiger partial charge in [-0.25, -0.2) is 8.42 Å². The number of likely N-dealkylation sites (N-methyl/N-ethyl adjacent to an activating group) is 1. The maximum absolute atomic E-state index is 12.4. The molecular formula is C19H23N3O5S. The molecule has 0 spiro atoms. The SMILES string of the molecule is CCNC(=O)COc1ccc(NC(=O)c2cccc(NS(=O)(=O)CC)c2)cc1. The summed E-state index contributed by atoms with van der Waals surface area (Å²) in [7, 11) is -3.42. The van der Waals surface area contributed by atoms with E-state index in [1.54, 1.807) is 42.5 Å². The Kier molecular flexibility index (Phi) is 7.39. The summed E-state index contributed by atoms with van der Waals surface area (Å²) in [5.74, 6) is -0.148. The van der Waals surface area contributed by atoms with E-state index in [4.69, 9.17) is 4.74 Å². The molecule has 0 aromatic heterocycles. The summed E-state index contributed by atoms with van der Waals surface area (Å²) < 4.78 is 31.1. The molecule has 0 bridgehead atoms. The van der Waals surface area contributed by atoms with Crippen LogP contribution in [0.3, 0.4) is 0 Å². The van der Waals surface area contributed by atoms with Crippen molar-refractivity contribution in [2.45, 2.75) is 13.8 Å². The van der Waals surface area contributed by atoms with Gasteiger partial charge in [-0.3, -0.25) is 14.3 Å². The zero-order valence-electron chi connectivity index (χ0n) is 15.7. The summed E-state index contributed by atoms with van der Waals surface area (Å²) in [5.41, 5.74) is 1.17. The van der Waals surface area contributed by atoms with Crippen LogP contribution in [-0.4, -0.2) is 39.1 Å². The van der Waals surface area contributed by atoms with E-state index in [1.165, 1.54) is 13.0 Å². The lowest BCUT2D eigenvalue weighted by Gasteiger charge is -2.10. The van der Waals surface area contributed by atoms with E-state index in [-0.39, 0.29) is 24.2 Å². The summed E-state index contributed by atoms with van der Waals surface area (Å²) in [5, 5.41) is 5.35. The summed E-state index contributed by atoms with van der Waals surface area (Å²) in [6.45, 7) is 3.81. The standard InChI is InChI=1S/C19H23N3O5S/c1-3-20-18(23)13-27-17-10-8-15(9-11-17)21-19(24)14-6-5-7-16(12-14)22-28(25,26)4-2/h5-12,22H,3-4,13H2,1-2H3,(H,20,23)(H,21,24). The molecule has 0 aliphatic rings. The van der Waals surface area contributed by atoms with Crippen LogP contribution in [0.4, 0.5) is 11.4 Å². The van der Waals surface area contributed by atoms with Gasteiger partial charge in [-0.15, -0.1) is 0 Å². The topological polar surface area (TPSA) is 114 Å². The zero-order valence-corrected chi connectivity index (χ0v) is 16.5. The predicted octanol–water partition coefficient (Wildman–Crippen LogP) is 2.22. The first kappa shape index (κ1) is 21.2. The number of amides is 2. The van der Waals surface area contributed by atoms with Gasteiger partial charge >= 0.3 is 0 Å². The molecule has 8 nitrogen and oxygen atoms in total. The van der Waals surface area contributed by atoms with Gasteiger partial charge in [0.2, 0.25) is 10.0 Å². The van der Waals surface area contributed by atoms with Crippen molar-refractivity contribution in [1.29, 1.82) is 0 Å². The van der Waals surface area contributed by atoms with Gasteiger partial charge in [-0.2, -0.15) is 0 Å². The largest absolute Gasteiger partial charge is 0.484 e. The third-order valence-corrected chi connectivity index (χ3v) is 4.94. The molecule has 0 saturated heterocycles. The second-order valence-electron chi connectivity index (χ2n) is 5.81. The van der Waals surface area contributed by atoms with Gasteiger partial charge in [-0.1, -0.05) is 6.07 Å². The van der Waals surface area contributed by atoms with E-state index in [1.807, 2.05) is 6.92 Å². The number of sulfonamides is 1. The highest BCUT2D eigenvalue weighted by Gasteiger charge is 2.11. The Hall–Kier alpha value is -3.07. The van der Waals surface area contributed by atoms with Crippen molar-refractivity contribution >= 4 is 33.2 Å². The molecule has 0 atom stereocenters. The number of hydrogen-bond acceptors (Lipinski definition) is 5. The Bertz CT molecular complexity index is 927. The van der Waals surface area contributed by atoms with Gasteiger partial charge in [0.05, 0.1) is 5.75 Å². The second kappa shape index (κ2) is 9.75. The van der Waals surface area contributed by atoms with Crippen molar-refractivity contribution < 1.29 is 22.7 Å². The highest BCUT2D eigenvalue weighted by molar-refractivity contribution is 7.92. The van der Waals surface area contributed by atoms with Crippen molar-refractivity contribution in [2.75, 3.05) is 28.9 Å². The average Bonchev–Trinajstić information content (AvgIpc) is 2.67. The average molecular weight is 405 g/mol. The first-order valence-electron chi connectivity index (χ1n) is 8.74. The Morgan fingerprint density at radius 3 is 2.36 bits per heavy atom. The molecule has 2 amide bonds. The number of carbonyl (C=O) groups is 2. The monoisotopic (exact) mass is 405 g/mol. The number of ether oxygens (including phenoxy) is 1. The van der Waals surface area contributed by atoms with Crippen molar-refractivity contribution in [3.05, 3.63) is 54.1 Å². The van der Waals surface area contributed by atoms with Crippen molar-refractivity contribution in [1.82, 2.24) is 5.32 Å². The molecule has 0 fully saturated rings. The zero-order chi connectivity index (χ0) is 20.6. The summed E-state index contributed by atoms with van der Waals surface area (Å²) in [6.07, 6.45) is 0. The number of nitrogens with one attached hydrogen (secondary N) is 3. The minimum absolute atomic E-state index is 0.0576. The number of hydrogen-bond donors (Lipinski definition) is 3. The fraction of sp³-hybridized carbons (Fsp3) is 0.263. The number of carbonyl (C=O) groups excluding carboxylic acids is 2. The summed E-state index contributed by atoms with van der Waals surface area (Å²) in [4.78, 5) is 23.8. The summed E-state index contributed by atoms with van der Waals surface area (Å²) in [6, 6.07) is 12.8. The molecule has 3 N–H and O–H groups in total. The molecular weight excluding hydrogens is 382 g/mol. The van der Waals surface area contributed by atoms with E-state index in [0.717, 1.165) is 0 Å². The molecule has 9 heteroatoms. The van der Waals surface area contributed by atoms with E-state index in [0.29, 0.717) is 29.2 Å². The van der Waals surface area contributed by atoms with Crippen molar-refractivity contribution in [3.63, 3.8) is 0 Å². The Morgan fingerprint density at radius 2 is 1.71 bits per heavy atom. The quantitative estimate of drug-likeness (QED) is 0.592. The van der Waals surface area contributed by atoms with Crippen LogP contribution in [0.1, 0.15) is 24.2 Å². The molecule has 28 heavy (non-hydrogen) atoms. The molecule has 2 aromatic rings.